The standard InChI is InChI=1S/C16H24BrN5O/c1-10-9-11(2)21(19-10)8-6-7-18-16(23)14(5)22-13(4)15(17)12(3)20-22/h9,14H,6-8H2,1-5H3,(H,18,23). The summed E-state index contributed by atoms with van der Waals surface area (Å²) in [6.07, 6.45) is 0.848. The van der Waals surface area contributed by atoms with Crippen LogP contribution in [0.15, 0.2) is 10.5 Å². The molecule has 0 aliphatic heterocycles. The zero-order valence-electron chi connectivity index (χ0n) is 14.4. The molecule has 0 saturated carbocycles. The second-order valence-corrected chi connectivity index (χ2v) is 6.69. The largest absolute Gasteiger partial charge is 0.354 e. The van der Waals surface area contributed by atoms with Gasteiger partial charge in [0.2, 0.25) is 5.91 Å². The fourth-order valence-corrected chi connectivity index (χ4v) is 2.88. The number of halogens is 1. The molecule has 1 amide bonds. The Hall–Kier alpha value is -1.63. The van der Waals surface area contributed by atoms with Gasteiger partial charge in [-0.05, 0) is 63.0 Å². The van der Waals surface area contributed by atoms with Crippen molar-refractivity contribution in [3.8, 4) is 0 Å². The van der Waals surface area contributed by atoms with Gasteiger partial charge >= 0.3 is 0 Å². The van der Waals surface area contributed by atoms with Crippen molar-refractivity contribution in [2.75, 3.05) is 6.54 Å². The Bertz CT molecular complexity index is 704. The second-order valence-electron chi connectivity index (χ2n) is 5.90. The lowest BCUT2D eigenvalue weighted by Crippen LogP contribution is -2.33. The second kappa shape index (κ2) is 7.29. The van der Waals surface area contributed by atoms with Gasteiger partial charge in [-0.1, -0.05) is 0 Å². The summed E-state index contributed by atoms with van der Waals surface area (Å²) < 4.78 is 4.69. The first kappa shape index (κ1) is 17.7. The minimum Gasteiger partial charge on any atom is -0.354 e. The highest BCUT2D eigenvalue weighted by molar-refractivity contribution is 9.10. The molecule has 0 fully saturated rings. The third-order valence-corrected chi connectivity index (χ3v) is 5.08. The number of aryl methyl sites for hydroxylation is 4. The van der Waals surface area contributed by atoms with E-state index >= 15 is 0 Å². The van der Waals surface area contributed by atoms with Gasteiger partial charge in [0, 0.05) is 18.8 Å². The molecule has 2 aromatic heterocycles. The summed E-state index contributed by atoms with van der Waals surface area (Å²) in [6.45, 7) is 11.2. The number of amides is 1. The molecule has 0 aliphatic rings. The predicted octanol–water partition coefficient (Wildman–Crippen LogP) is 2.84. The SMILES string of the molecule is Cc1cc(C)n(CCCNC(=O)C(C)n2nc(C)c(Br)c2C)n1. The van der Waals surface area contributed by atoms with E-state index in [0.717, 1.165) is 40.2 Å². The monoisotopic (exact) mass is 381 g/mol. The van der Waals surface area contributed by atoms with Gasteiger partial charge in [0.25, 0.3) is 0 Å². The molecule has 0 saturated heterocycles. The highest BCUT2D eigenvalue weighted by Gasteiger charge is 2.19. The summed E-state index contributed by atoms with van der Waals surface area (Å²) in [6, 6.07) is 1.73. The Morgan fingerprint density at radius 3 is 2.52 bits per heavy atom. The smallest absolute Gasteiger partial charge is 0.244 e. The Labute approximate surface area is 145 Å². The maximum absolute atomic E-state index is 12.3. The van der Waals surface area contributed by atoms with Crippen molar-refractivity contribution in [2.24, 2.45) is 0 Å². The van der Waals surface area contributed by atoms with Crippen molar-refractivity contribution in [1.29, 1.82) is 0 Å². The maximum Gasteiger partial charge on any atom is 0.244 e. The summed E-state index contributed by atoms with van der Waals surface area (Å²) in [7, 11) is 0. The molecular weight excluding hydrogens is 358 g/mol. The van der Waals surface area contributed by atoms with Gasteiger partial charge in [0.1, 0.15) is 6.04 Å². The zero-order chi connectivity index (χ0) is 17.1. The predicted molar refractivity (Wildman–Crippen MR) is 93.4 cm³/mol. The lowest BCUT2D eigenvalue weighted by atomic mass is 10.3. The number of aromatic nitrogens is 4. The molecule has 23 heavy (non-hydrogen) atoms. The molecule has 0 spiro atoms. The molecule has 2 heterocycles. The fourth-order valence-electron chi connectivity index (χ4n) is 2.62. The number of carbonyl (C=O) groups excluding carboxylic acids is 1. The number of hydrogen-bond donors (Lipinski definition) is 1. The quantitative estimate of drug-likeness (QED) is 0.782. The van der Waals surface area contributed by atoms with E-state index in [1.54, 1.807) is 4.68 Å². The van der Waals surface area contributed by atoms with Crippen LogP contribution in [0.2, 0.25) is 0 Å². The number of hydrogen-bond acceptors (Lipinski definition) is 3. The van der Waals surface area contributed by atoms with Gasteiger partial charge in [-0.15, -0.1) is 0 Å². The van der Waals surface area contributed by atoms with Crippen LogP contribution in [0.4, 0.5) is 0 Å². The molecule has 1 atom stereocenters. The van der Waals surface area contributed by atoms with E-state index in [0.29, 0.717) is 6.54 Å². The molecule has 0 aliphatic carbocycles. The number of nitrogens with zero attached hydrogens (tertiary/aromatic N) is 4. The van der Waals surface area contributed by atoms with E-state index in [9.17, 15) is 4.79 Å². The Morgan fingerprint density at radius 1 is 1.30 bits per heavy atom. The van der Waals surface area contributed by atoms with Crippen LogP contribution in [0.5, 0.6) is 0 Å². The van der Waals surface area contributed by atoms with E-state index < -0.39 is 0 Å². The minimum atomic E-state index is -0.325. The average Bonchev–Trinajstić information content (AvgIpc) is 2.96. The maximum atomic E-state index is 12.3. The summed E-state index contributed by atoms with van der Waals surface area (Å²) in [4.78, 5) is 12.3. The first-order chi connectivity index (χ1) is 10.8. The van der Waals surface area contributed by atoms with Crippen molar-refractivity contribution in [3.05, 3.63) is 33.3 Å². The van der Waals surface area contributed by atoms with Crippen molar-refractivity contribution < 1.29 is 4.79 Å². The van der Waals surface area contributed by atoms with Crippen LogP contribution >= 0.6 is 15.9 Å². The number of carbonyl (C=O) groups is 1. The van der Waals surface area contributed by atoms with Gasteiger partial charge in [0.05, 0.1) is 21.6 Å². The molecule has 0 bridgehead atoms. The van der Waals surface area contributed by atoms with Gasteiger partial charge in [-0.2, -0.15) is 10.2 Å². The van der Waals surface area contributed by atoms with Crippen LogP contribution in [0, 0.1) is 27.7 Å². The van der Waals surface area contributed by atoms with Gasteiger partial charge in [0.15, 0.2) is 0 Å². The molecule has 1 N–H and O–H groups in total. The van der Waals surface area contributed by atoms with Crippen LogP contribution in [0.3, 0.4) is 0 Å². The third kappa shape index (κ3) is 4.02. The first-order valence-corrected chi connectivity index (χ1v) is 8.60. The number of nitrogens with one attached hydrogen (secondary N) is 1. The topological polar surface area (TPSA) is 64.7 Å². The average molecular weight is 382 g/mol. The molecule has 7 heteroatoms. The lowest BCUT2D eigenvalue weighted by Gasteiger charge is -2.14. The third-order valence-electron chi connectivity index (χ3n) is 3.93. The summed E-state index contributed by atoms with van der Waals surface area (Å²) >= 11 is 3.49. The van der Waals surface area contributed by atoms with Crippen LogP contribution in [0.25, 0.3) is 0 Å². The first-order valence-electron chi connectivity index (χ1n) is 7.81. The highest BCUT2D eigenvalue weighted by Crippen LogP contribution is 2.22. The molecular formula is C16H24BrN5O. The normalized spacial score (nSPS) is 12.4. The van der Waals surface area contributed by atoms with Crippen LogP contribution < -0.4 is 5.32 Å². The van der Waals surface area contributed by atoms with Crippen LogP contribution in [-0.2, 0) is 11.3 Å². The van der Waals surface area contributed by atoms with Gasteiger partial charge < -0.3 is 5.32 Å². The van der Waals surface area contributed by atoms with E-state index in [-0.39, 0.29) is 11.9 Å². The van der Waals surface area contributed by atoms with Crippen LogP contribution in [-0.4, -0.2) is 32.0 Å². The van der Waals surface area contributed by atoms with Crippen molar-refractivity contribution in [2.45, 2.75) is 53.6 Å². The molecule has 1 unspecified atom stereocenters. The van der Waals surface area contributed by atoms with Crippen molar-refractivity contribution >= 4 is 21.8 Å². The fraction of sp³-hybridized carbons (Fsp3) is 0.562. The molecule has 0 aromatic carbocycles. The number of rotatable bonds is 6. The summed E-state index contributed by atoms with van der Waals surface area (Å²) in [5, 5.41) is 11.8. The molecule has 126 valence electrons. The Morgan fingerprint density at radius 2 is 2.00 bits per heavy atom. The molecule has 2 rings (SSSR count). The lowest BCUT2D eigenvalue weighted by molar-refractivity contribution is -0.124. The highest BCUT2D eigenvalue weighted by atomic mass is 79.9. The minimum absolute atomic E-state index is 0.0172. The Balaban J connectivity index is 1.84. The van der Waals surface area contributed by atoms with Gasteiger partial charge in [-0.3, -0.25) is 14.2 Å². The van der Waals surface area contributed by atoms with Crippen molar-refractivity contribution in [3.63, 3.8) is 0 Å². The molecule has 6 nitrogen and oxygen atoms in total. The van der Waals surface area contributed by atoms with E-state index in [1.165, 1.54) is 0 Å². The molecule has 2 aromatic rings. The Kier molecular flexibility index (Phi) is 5.62. The van der Waals surface area contributed by atoms with E-state index in [4.69, 9.17) is 0 Å². The molecule has 0 radical (unpaired) electrons. The summed E-state index contributed by atoms with van der Waals surface area (Å²) in [5.74, 6) is -0.0172. The van der Waals surface area contributed by atoms with Gasteiger partial charge in [-0.25, -0.2) is 0 Å². The zero-order valence-corrected chi connectivity index (χ0v) is 15.9. The van der Waals surface area contributed by atoms with Crippen molar-refractivity contribution in [1.82, 2.24) is 24.9 Å². The van der Waals surface area contributed by atoms with E-state index in [2.05, 4.69) is 37.5 Å². The van der Waals surface area contributed by atoms with Crippen LogP contribution in [0.1, 0.15) is 42.2 Å². The summed E-state index contributed by atoms with van der Waals surface area (Å²) in [5.41, 5.74) is 4.03. The van der Waals surface area contributed by atoms with E-state index in [1.807, 2.05) is 39.3 Å².